The molecule has 3 aromatic rings. The molecule has 7 heteroatoms. The lowest BCUT2D eigenvalue weighted by Crippen LogP contribution is -2.31. The van der Waals surface area contributed by atoms with Crippen LogP contribution in [0.25, 0.3) is 10.8 Å². The lowest BCUT2D eigenvalue weighted by atomic mass is 10.0. The van der Waals surface area contributed by atoms with Crippen LogP contribution in [0.5, 0.6) is 0 Å². The summed E-state index contributed by atoms with van der Waals surface area (Å²) in [6.07, 6.45) is 3.17. The van der Waals surface area contributed by atoms with Crippen molar-refractivity contribution in [1.82, 2.24) is 14.8 Å². The zero-order valence-electron chi connectivity index (χ0n) is 13.9. The van der Waals surface area contributed by atoms with Gasteiger partial charge in [-0.25, -0.2) is 4.68 Å². The van der Waals surface area contributed by atoms with E-state index in [0.29, 0.717) is 11.1 Å². The van der Waals surface area contributed by atoms with Gasteiger partial charge >= 0.3 is 0 Å². The van der Waals surface area contributed by atoms with Crippen molar-refractivity contribution in [3.8, 4) is 0 Å². The van der Waals surface area contributed by atoms with Crippen LogP contribution in [-0.4, -0.2) is 20.7 Å². The van der Waals surface area contributed by atoms with E-state index in [0.717, 1.165) is 15.6 Å². The van der Waals surface area contributed by atoms with Gasteiger partial charge in [-0.05, 0) is 36.2 Å². The highest BCUT2D eigenvalue weighted by atomic mass is 79.9. The molecule has 2 aromatic heterocycles. The van der Waals surface area contributed by atoms with Crippen LogP contribution in [0.2, 0.25) is 0 Å². The summed E-state index contributed by atoms with van der Waals surface area (Å²) in [4.78, 5) is 28.9. The number of pyridine rings is 1. The summed E-state index contributed by atoms with van der Waals surface area (Å²) >= 11 is 3.43. The Hall–Kier alpha value is -2.54. The van der Waals surface area contributed by atoms with Gasteiger partial charge in [0.05, 0.1) is 23.0 Å². The highest BCUT2D eigenvalue weighted by Crippen LogP contribution is 2.24. The predicted octanol–water partition coefficient (Wildman–Crippen LogP) is 3.32. The van der Waals surface area contributed by atoms with Gasteiger partial charge in [-0.2, -0.15) is 5.10 Å². The molecule has 0 spiro atoms. The van der Waals surface area contributed by atoms with E-state index >= 15 is 0 Å². The number of anilines is 1. The molecule has 128 valence electrons. The Morgan fingerprint density at radius 3 is 2.76 bits per heavy atom. The highest BCUT2D eigenvalue weighted by Gasteiger charge is 2.15. The van der Waals surface area contributed by atoms with Crippen LogP contribution < -0.4 is 10.9 Å². The highest BCUT2D eigenvalue weighted by molar-refractivity contribution is 9.10. The van der Waals surface area contributed by atoms with Crippen molar-refractivity contribution in [2.45, 2.75) is 26.3 Å². The maximum atomic E-state index is 12.7. The number of hydrogen-bond acceptors (Lipinski definition) is 4. The van der Waals surface area contributed by atoms with E-state index in [-0.39, 0.29) is 23.9 Å². The third-order valence-electron chi connectivity index (χ3n) is 3.74. The molecule has 1 amide bonds. The van der Waals surface area contributed by atoms with Crippen LogP contribution in [0.15, 0.2) is 52.0 Å². The molecule has 0 saturated carbocycles. The van der Waals surface area contributed by atoms with E-state index in [2.05, 4.69) is 31.3 Å². The van der Waals surface area contributed by atoms with E-state index < -0.39 is 0 Å². The van der Waals surface area contributed by atoms with Gasteiger partial charge in [-0.3, -0.25) is 14.6 Å². The van der Waals surface area contributed by atoms with Crippen molar-refractivity contribution in [2.75, 3.05) is 5.32 Å². The molecule has 25 heavy (non-hydrogen) atoms. The van der Waals surface area contributed by atoms with Crippen LogP contribution in [-0.2, 0) is 11.3 Å². The Morgan fingerprint density at radius 2 is 2.08 bits per heavy atom. The number of nitrogens with zero attached hydrogens (tertiary/aromatic N) is 3. The largest absolute Gasteiger partial charge is 0.323 e. The van der Waals surface area contributed by atoms with Crippen molar-refractivity contribution in [2.24, 2.45) is 0 Å². The Morgan fingerprint density at radius 1 is 1.28 bits per heavy atom. The third kappa shape index (κ3) is 3.76. The summed E-state index contributed by atoms with van der Waals surface area (Å²) in [5, 5.41) is 8.50. The molecular formula is C18H17BrN4O2. The number of halogens is 1. The van der Waals surface area contributed by atoms with E-state index in [1.807, 2.05) is 26.0 Å². The van der Waals surface area contributed by atoms with Gasteiger partial charge in [0.1, 0.15) is 6.54 Å². The first-order chi connectivity index (χ1) is 12.0. The molecule has 0 aliphatic carbocycles. The first kappa shape index (κ1) is 17.3. The third-order valence-corrected chi connectivity index (χ3v) is 4.23. The van der Waals surface area contributed by atoms with Gasteiger partial charge in [-0.15, -0.1) is 0 Å². The van der Waals surface area contributed by atoms with Crippen molar-refractivity contribution in [1.29, 1.82) is 0 Å². The Bertz CT molecular complexity index is 984. The quantitative estimate of drug-likeness (QED) is 0.728. The summed E-state index contributed by atoms with van der Waals surface area (Å²) < 4.78 is 2.10. The summed E-state index contributed by atoms with van der Waals surface area (Å²) in [7, 11) is 0. The molecule has 1 aromatic carbocycles. The molecule has 0 bridgehead atoms. The predicted molar refractivity (Wildman–Crippen MR) is 101 cm³/mol. The first-order valence-corrected chi connectivity index (χ1v) is 8.65. The molecule has 0 radical (unpaired) electrons. The molecule has 0 atom stereocenters. The summed E-state index contributed by atoms with van der Waals surface area (Å²) in [6, 6.07) is 8.92. The van der Waals surface area contributed by atoms with Gasteiger partial charge < -0.3 is 5.32 Å². The number of rotatable bonds is 4. The zero-order valence-corrected chi connectivity index (χ0v) is 15.4. The Balaban J connectivity index is 1.99. The van der Waals surface area contributed by atoms with Crippen molar-refractivity contribution < 1.29 is 4.79 Å². The van der Waals surface area contributed by atoms with Crippen LogP contribution in [0, 0.1) is 0 Å². The number of benzene rings is 1. The van der Waals surface area contributed by atoms with Gasteiger partial charge in [0, 0.05) is 16.1 Å². The Labute approximate surface area is 153 Å². The van der Waals surface area contributed by atoms with Crippen LogP contribution in [0.4, 0.5) is 5.69 Å². The van der Waals surface area contributed by atoms with Gasteiger partial charge in [-0.1, -0.05) is 29.8 Å². The standard InChI is InChI=1S/C18H17BrN4O2/c1-11(2)17-15-8-12(19)5-6-14(15)18(25)23(22-17)10-16(24)21-13-4-3-7-20-9-13/h3-9,11H,10H2,1-2H3,(H,21,24). The smallest absolute Gasteiger partial charge is 0.275 e. The number of nitrogens with one attached hydrogen (secondary N) is 1. The second kappa shape index (κ2) is 7.14. The number of aromatic nitrogens is 3. The minimum Gasteiger partial charge on any atom is -0.323 e. The van der Waals surface area contributed by atoms with Crippen LogP contribution >= 0.6 is 15.9 Å². The van der Waals surface area contributed by atoms with Gasteiger partial charge in [0.2, 0.25) is 5.91 Å². The number of amides is 1. The van der Waals surface area contributed by atoms with Crippen LogP contribution in [0.3, 0.4) is 0 Å². The fourth-order valence-corrected chi connectivity index (χ4v) is 2.95. The minimum atomic E-state index is -0.325. The summed E-state index contributed by atoms with van der Waals surface area (Å²) in [5.74, 6) is -0.209. The van der Waals surface area contributed by atoms with Gasteiger partial charge in [0.15, 0.2) is 0 Å². The summed E-state index contributed by atoms with van der Waals surface area (Å²) in [5.41, 5.74) is 1.08. The molecular weight excluding hydrogens is 384 g/mol. The lowest BCUT2D eigenvalue weighted by molar-refractivity contribution is -0.117. The van der Waals surface area contributed by atoms with Crippen molar-refractivity contribution in [3.05, 3.63) is 63.2 Å². The first-order valence-electron chi connectivity index (χ1n) is 7.86. The molecule has 3 rings (SSSR count). The molecule has 0 saturated heterocycles. The number of carbonyl (C=O) groups excluding carboxylic acids is 1. The summed E-state index contributed by atoms with van der Waals surface area (Å²) in [6.45, 7) is 3.86. The van der Waals surface area contributed by atoms with E-state index in [1.54, 1.807) is 30.6 Å². The van der Waals surface area contributed by atoms with Crippen molar-refractivity contribution >= 4 is 38.3 Å². The number of carbonyl (C=O) groups is 1. The second-order valence-corrected chi connectivity index (χ2v) is 6.90. The molecule has 0 fully saturated rings. The maximum Gasteiger partial charge on any atom is 0.275 e. The van der Waals surface area contributed by atoms with Crippen LogP contribution in [0.1, 0.15) is 25.5 Å². The lowest BCUT2D eigenvalue weighted by Gasteiger charge is -2.13. The average Bonchev–Trinajstić information content (AvgIpc) is 2.57. The fraction of sp³-hybridized carbons (Fsp3) is 0.222. The number of fused-ring (bicyclic) bond motifs is 1. The van der Waals surface area contributed by atoms with Crippen molar-refractivity contribution in [3.63, 3.8) is 0 Å². The van der Waals surface area contributed by atoms with E-state index in [4.69, 9.17) is 0 Å². The molecule has 6 nitrogen and oxygen atoms in total. The second-order valence-electron chi connectivity index (χ2n) is 5.98. The fourth-order valence-electron chi connectivity index (χ4n) is 2.59. The SMILES string of the molecule is CC(C)c1nn(CC(=O)Nc2cccnc2)c(=O)c2ccc(Br)cc12. The topological polar surface area (TPSA) is 76.9 Å². The minimum absolute atomic E-state index is 0.116. The average molecular weight is 401 g/mol. The molecule has 1 N–H and O–H groups in total. The van der Waals surface area contributed by atoms with Gasteiger partial charge in [0.25, 0.3) is 5.56 Å². The maximum absolute atomic E-state index is 12.7. The monoisotopic (exact) mass is 400 g/mol. The normalized spacial score (nSPS) is 11.0. The number of hydrogen-bond donors (Lipinski definition) is 1. The molecule has 0 unspecified atom stereocenters. The zero-order chi connectivity index (χ0) is 18.0. The molecule has 2 heterocycles. The van der Waals surface area contributed by atoms with E-state index in [1.165, 1.54) is 4.68 Å². The van der Waals surface area contributed by atoms with E-state index in [9.17, 15) is 9.59 Å². The molecule has 0 aliphatic rings. The molecule has 0 aliphatic heterocycles. The Kier molecular flexibility index (Phi) is 4.94.